The van der Waals surface area contributed by atoms with Crippen LogP contribution in [0.3, 0.4) is 0 Å². The predicted octanol–water partition coefficient (Wildman–Crippen LogP) is 1.65. The van der Waals surface area contributed by atoms with Crippen LogP contribution in [0.4, 0.5) is 0 Å². The van der Waals surface area contributed by atoms with Crippen molar-refractivity contribution >= 4 is 15.9 Å². The molecule has 0 atom stereocenters. The number of nitrogens with two attached hydrogens (primary N) is 1. The van der Waals surface area contributed by atoms with E-state index in [1.807, 2.05) is 6.20 Å². The molecule has 0 aliphatic carbocycles. The Labute approximate surface area is 75.0 Å². The number of hydrogen-bond donors (Lipinski definition) is 1. The predicted molar refractivity (Wildman–Crippen MR) is 49.4 cm³/mol. The van der Waals surface area contributed by atoms with Crippen LogP contribution in [-0.4, -0.2) is 11.5 Å². The molecule has 1 heterocycles. The molecule has 60 valence electrons. The SMILES string of the molecule is Cc1c(Br)cncc1CCN. The number of rotatable bonds is 2. The molecule has 0 amide bonds. The summed E-state index contributed by atoms with van der Waals surface area (Å²) < 4.78 is 1.06. The minimum Gasteiger partial charge on any atom is -0.330 e. The first-order valence-corrected chi connectivity index (χ1v) is 4.34. The molecule has 0 radical (unpaired) electrons. The van der Waals surface area contributed by atoms with Crippen molar-refractivity contribution in [1.29, 1.82) is 0 Å². The second kappa shape index (κ2) is 3.83. The van der Waals surface area contributed by atoms with Crippen molar-refractivity contribution in [3.63, 3.8) is 0 Å². The summed E-state index contributed by atoms with van der Waals surface area (Å²) in [6.07, 6.45) is 4.57. The van der Waals surface area contributed by atoms with E-state index < -0.39 is 0 Å². The van der Waals surface area contributed by atoms with E-state index in [1.54, 1.807) is 6.20 Å². The van der Waals surface area contributed by atoms with Crippen molar-refractivity contribution in [3.8, 4) is 0 Å². The lowest BCUT2D eigenvalue weighted by atomic mass is 10.1. The Balaban J connectivity index is 2.96. The summed E-state index contributed by atoms with van der Waals surface area (Å²) in [6.45, 7) is 2.75. The average Bonchev–Trinajstić information content (AvgIpc) is 1.99. The molecule has 1 rings (SSSR count). The molecule has 2 nitrogen and oxygen atoms in total. The fourth-order valence-corrected chi connectivity index (χ4v) is 1.32. The molecule has 2 N–H and O–H groups in total. The molecule has 1 aromatic heterocycles. The van der Waals surface area contributed by atoms with Crippen LogP contribution in [0, 0.1) is 6.92 Å². The van der Waals surface area contributed by atoms with Crippen molar-refractivity contribution < 1.29 is 0 Å². The third kappa shape index (κ3) is 2.01. The monoisotopic (exact) mass is 214 g/mol. The van der Waals surface area contributed by atoms with Crippen LogP contribution < -0.4 is 5.73 Å². The van der Waals surface area contributed by atoms with Crippen molar-refractivity contribution in [3.05, 3.63) is 28.0 Å². The van der Waals surface area contributed by atoms with Gasteiger partial charge in [0.05, 0.1) is 0 Å². The highest BCUT2D eigenvalue weighted by Gasteiger charge is 2.00. The van der Waals surface area contributed by atoms with Gasteiger partial charge in [-0.15, -0.1) is 0 Å². The van der Waals surface area contributed by atoms with Crippen LogP contribution in [0.25, 0.3) is 0 Å². The zero-order chi connectivity index (χ0) is 8.27. The minimum absolute atomic E-state index is 0.680. The molecule has 0 bridgehead atoms. The third-order valence-corrected chi connectivity index (χ3v) is 2.47. The first-order chi connectivity index (χ1) is 5.25. The zero-order valence-electron chi connectivity index (χ0n) is 6.47. The fraction of sp³-hybridized carbons (Fsp3) is 0.375. The Morgan fingerprint density at radius 3 is 2.91 bits per heavy atom. The highest BCUT2D eigenvalue weighted by atomic mass is 79.9. The molecule has 3 heteroatoms. The van der Waals surface area contributed by atoms with Gasteiger partial charge in [-0.2, -0.15) is 0 Å². The van der Waals surface area contributed by atoms with Gasteiger partial charge in [0.15, 0.2) is 0 Å². The van der Waals surface area contributed by atoms with Gasteiger partial charge in [-0.3, -0.25) is 4.98 Å². The van der Waals surface area contributed by atoms with Crippen LogP contribution in [0.5, 0.6) is 0 Å². The van der Waals surface area contributed by atoms with E-state index in [1.165, 1.54) is 11.1 Å². The largest absolute Gasteiger partial charge is 0.330 e. The molecule has 0 unspecified atom stereocenters. The summed E-state index contributed by atoms with van der Waals surface area (Å²) in [5.74, 6) is 0. The summed E-state index contributed by atoms with van der Waals surface area (Å²) in [7, 11) is 0. The van der Waals surface area contributed by atoms with Gasteiger partial charge >= 0.3 is 0 Å². The summed E-state index contributed by atoms with van der Waals surface area (Å²) >= 11 is 3.41. The van der Waals surface area contributed by atoms with Crippen molar-refractivity contribution in [1.82, 2.24) is 4.98 Å². The summed E-state index contributed by atoms with van der Waals surface area (Å²) in [5.41, 5.74) is 7.90. The lowest BCUT2D eigenvalue weighted by Gasteiger charge is -2.03. The zero-order valence-corrected chi connectivity index (χ0v) is 8.06. The highest BCUT2D eigenvalue weighted by molar-refractivity contribution is 9.10. The Kier molecular flexibility index (Phi) is 3.02. The highest BCUT2D eigenvalue weighted by Crippen LogP contribution is 2.17. The van der Waals surface area contributed by atoms with E-state index in [0.29, 0.717) is 6.54 Å². The molecular weight excluding hydrogens is 204 g/mol. The molecule has 0 spiro atoms. The van der Waals surface area contributed by atoms with Gasteiger partial charge in [-0.25, -0.2) is 0 Å². The number of halogens is 1. The quantitative estimate of drug-likeness (QED) is 0.814. The number of aromatic nitrogens is 1. The normalized spacial score (nSPS) is 10.1. The maximum absolute atomic E-state index is 5.44. The molecule has 0 saturated carbocycles. The fourth-order valence-electron chi connectivity index (χ4n) is 0.947. The van der Waals surface area contributed by atoms with Crippen LogP contribution in [0.2, 0.25) is 0 Å². The number of nitrogens with zero attached hydrogens (tertiary/aromatic N) is 1. The summed E-state index contributed by atoms with van der Waals surface area (Å²) in [4.78, 5) is 4.06. The van der Waals surface area contributed by atoms with Gasteiger partial charge in [-0.1, -0.05) is 0 Å². The number of hydrogen-bond acceptors (Lipinski definition) is 2. The molecule has 0 aromatic carbocycles. The molecule has 11 heavy (non-hydrogen) atoms. The molecular formula is C8H11BrN2. The van der Waals surface area contributed by atoms with E-state index in [4.69, 9.17) is 5.73 Å². The number of pyridine rings is 1. The van der Waals surface area contributed by atoms with Crippen LogP contribution in [0.15, 0.2) is 16.9 Å². The second-order valence-corrected chi connectivity index (χ2v) is 3.30. The van der Waals surface area contributed by atoms with Crippen LogP contribution >= 0.6 is 15.9 Å². The Morgan fingerprint density at radius 1 is 1.55 bits per heavy atom. The average molecular weight is 215 g/mol. The summed E-state index contributed by atoms with van der Waals surface area (Å²) in [6, 6.07) is 0. The molecule has 0 aliphatic rings. The van der Waals surface area contributed by atoms with Gasteiger partial charge in [0.2, 0.25) is 0 Å². The lowest BCUT2D eigenvalue weighted by molar-refractivity contribution is 0.943. The van der Waals surface area contributed by atoms with Crippen LogP contribution in [-0.2, 0) is 6.42 Å². The molecule has 0 aliphatic heterocycles. The summed E-state index contributed by atoms with van der Waals surface area (Å²) in [5, 5.41) is 0. The maximum atomic E-state index is 5.44. The Hall–Kier alpha value is -0.410. The van der Waals surface area contributed by atoms with E-state index in [0.717, 1.165) is 10.9 Å². The van der Waals surface area contributed by atoms with E-state index in [2.05, 4.69) is 27.8 Å². The maximum Gasteiger partial charge on any atom is 0.0413 e. The Morgan fingerprint density at radius 2 is 2.27 bits per heavy atom. The van der Waals surface area contributed by atoms with Crippen molar-refractivity contribution in [2.75, 3.05) is 6.54 Å². The standard InChI is InChI=1S/C8H11BrN2/c1-6-7(2-3-10)4-11-5-8(6)9/h4-5H,2-3,10H2,1H3. The van der Waals surface area contributed by atoms with Crippen molar-refractivity contribution in [2.45, 2.75) is 13.3 Å². The van der Waals surface area contributed by atoms with E-state index in [9.17, 15) is 0 Å². The van der Waals surface area contributed by atoms with Gasteiger partial charge in [-0.05, 0) is 46.9 Å². The lowest BCUT2D eigenvalue weighted by Crippen LogP contribution is -2.04. The first-order valence-electron chi connectivity index (χ1n) is 3.54. The van der Waals surface area contributed by atoms with Crippen molar-refractivity contribution in [2.24, 2.45) is 5.73 Å². The molecule has 1 aromatic rings. The third-order valence-electron chi connectivity index (χ3n) is 1.67. The van der Waals surface area contributed by atoms with Gasteiger partial charge in [0.25, 0.3) is 0 Å². The first kappa shape index (κ1) is 8.68. The van der Waals surface area contributed by atoms with E-state index in [-0.39, 0.29) is 0 Å². The Bertz CT molecular complexity index is 248. The van der Waals surface area contributed by atoms with Gasteiger partial charge in [0, 0.05) is 16.9 Å². The second-order valence-electron chi connectivity index (χ2n) is 2.44. The van der Waals surface area contributed by atoms with Crippen LogP contribution in [0.1, 0.15) is 11.1 Å². The topological polar surface area (TPSA) is 38.9 Å². The smallest absolute Gasteiger partial charge is 0.0413 e. The van der Waals surface area contributed by atoms with Gasteiger partial charge in [0.1, 0.15) is 0 Å². The van der Waals surface area contributed by atoms with E-state index >= 15 is 0 Å². The molecule has 0 fully saturated rings. The minimum atomic E-state index is 0.680. The van der Waals surface area contributed by atoms with Gasteiger partial charge < -0.3 is 5.73 Å². The molecule has 0 saturated heterocycles.